The molecule has 2 saturated carbocycles. The molecule has 10 heteroatoms. The van der Waals surface area contributed by atoms with E-state index in [1.165, 1.54) is 0 Å². The van der Waals surface area contributed by atoms with Crippen LogP contribution in [0.25, 0.3) is 0 Å². The first-order chi connectivity index (χ1) is 15.9. The fourth-order valence-electron chi connectivity index (χ4n) is 5.89. The number of sulfonamides is 1. The van der Waals surface area contributed by atoms with Crippen LogP contribution in [0.4, 0.5) is 4.79 Å². The van der Waals surface area contributed by atoms with Gasteiger partial charge in [-0.3, -0.25) is 4.90 Å². The first kappa shape index (κ1) is 22.1. The lowest BCUT2D eigenvalue weighted by atomic mass is 10.0. The Bertz CT molecular complexity index is 1010. The average molecular weight is 496 g/mol. The second kappa shape index (κ2) is 8.09. The van der Waals surface area contributed by atoms with Crippen molar-refractivity contribution < 1.29 is 22.7 Å². The number of fused-ring (bicyclic) bond motifs is 2. The molecular formula is C23H30ClN3O5S. The van der Waals surface area contributed by atoms with Gasteiger partial charge in [-0.25, -0.2) is 13.2 Å². The van der Waals surface area contributed by atoms with Crippen LogP contribution in [-0.2, 0) is 19.5 Å². The van der Waals surface area contributed by atoms with Crippen molar-refractivity contribution in [1.82, 2.24) is 14.5 Å². The van der Waals surface area contributed by atoms with Crippen molar-refractivity contribution in [2.75, 3.05) is 26.3 Å². The summed E-state index contributed by atoms with van der Waals surface area (Å²) < 4.78 is 41.6. The van der Waals surface area contributed by atoms with E-state index in [0.29, 0.717) is 24.5 Å². The number of hydrogen-bond acceptors (Lipinski definition) is 6. The lowest BCUT2D eigenvalue weighted by Gasteiger charge is -2.45. The first-order valence-corrected chi connectivity index (χ1v) is 13.8. The number of amides is 1. The van der Waals surface area contributed by atoms with Gasteiger partial charge in [-0.15, -0.1) is 0 Å². The molecule has 1 aromatic rings. The standard InChI is InChI=1S/C23H30ClN3O5S/c24-16-3-7-19(8-4-16)33(29,30)27-20(15-1-2-15)13-31-14-21(27)23(9-10-23)32-22(28)26-17-5-6-18(26)12-25-11-17/h3-4,7-8,15,17-18,20-21,25H,1-2,5-6,9-14H2/t17?,18?,20-,21+/m0/s1. The molecule has 6 rings (SSSR count). The molecule has 5 aliphatic rings. The zero-order valence-corrected chi connectivity index (χ0v) is 20.1. The third-order valence-corrected chi connectivity index (χ3v) is 10.2. The van der Waals surface area contributed by atoms with Crippen molar-refractivity contribution in [2.45, 2.75) is 73.2 Å². The van der Waals surface area contributed by atoms with E-state index >= 15 is 0 Å². The molecule has 3 saturated heterocycles. The van der Waals surface area contributed by atoms with Gasteiger partial charge >= 0.3 is 6.09 Å². The minimum Gasteiger partial charge on any atom is -0.441 e. The van der Waals surface area contributed by atoms with Gasteiger partial charge in [0.15, 0.2) is 0 Å². The average Bonchev–Trinajstić information content (AvgIpc) is 3.72. The monoisotopic (exact) mass is 495 g/mol. The molecule has 0 aromatic heterocycles. The lowest BCUT2D eigenvalue weighted by Crippen LogP contribution is -2.62. The van der Waals surface area contributed by atoms with Gasteiger partial charge in [0.1, 0.15) is 5.60 Å². The maximum absolute atomic E-state index is 13.9. The molecule has 1 aromatic carbocycles. The van der Waals surface area contributed by atoms with Crippen LogP contribution in [-0.4, -0.2) is 79.8 Å². The summed E-state index contributed by atoms with van der Waals surface area (Å²) in [5.41, 5.74) is -0.825. The van der Waals surface area contributed by atoms with Crippen LogP contribution in [0.2, 0.25) is 5.02 Å². The maximum atomic E-state index is 13.9. The van der Waals surface area contributed by atoms with Crippen LogP contribution in [0.3, 0.4) is 0 Å². The highest BCUT2D eigenvalue weighted by molar-refractivity contribution is 7.89. The molecule has 3 aliphatic heterocycles. The Labute approximate surface area is 199 Å². The van der Waals surface area contributed by atoms with E-state index < -0.39 is 21.7 Å². The number of halogens is 1. The van der Waals surface area contributed by atoms with Crippen LogP contribution in [0.5, 0.6) is 0 Å². The van der Waals surface area contributed by atoms with Crippen molar-refractivity contribution in [3.05, 3.63) is 29.3 Å². The Morgan fingerprint density at radius 2 is 1.73 bits per heavy atom. The number of benzene rings is 1. The van der Waals surface area contributed by atoms with Crippen LogP contribution >= 0.6 is 11.6 Å². The van der Waals surface area contributed by atoms with Gasteiger partial charge in [0, 0.05) is 30.2 Å². The summed E-state index contributed by atoms with van der Waals surface area (Å²) in [6, 6.07) is 5.85. The molecule has 3 heterocycles. The predicted octanol–water partition coefficient (Wildman–Crippen LogP) is 2.61. The molecule has 5 fully saturated rings. The Hall–Kier alpha value is -1.39. The highest BCUT2D eigenvalue weighted by atomic mass is 35.5. The third-order valence-electron chi connectivity index (χ3n) is 7.98. The van der Waals surface area contributed by atoms with Crippen molar-refractivity contribution in [3.63, 3.8) is 0 Å². The number of morpholine rings is 1. The van der Waals surface area contributed by atoms with Gasteiger partial charge in [0.05, 0.1) is 30.2 Å². The van der Waals surface area contributed by atoms with Crippen molar-refractivity contribution in [2.24, 2.45) is 5.92 Å². The van der Waals surface area contributed by atoms with E-state index in [9.17, 15) is 13.2 Å². The van der Waals surface area contributed by atoms with E-state index in [0.717, 1.165) is 38.8 Å². The molecule has 0 spiro atoms. The minimum absolute atomic E-state index is 0.155. The van der Waals surface area contributed by atoms with Gasteiger partial charge in [-0.05, 0) is 68.7 Å². The zero-order chi connectivity index (χ0) is 22.8. The second-order valence-corrected chi connectivity index (χ2v) is 12.4. The van der Waals surface area contributed by atoms with Crippen molar-refractivity contribution in [3.8, 4) is 0 Å². The van der Waals surface area contributed by atoms with E-state index in [1.54, 1.807) is 28.6 Å². The first-order valence-electron chi connectivity index (χ1n) is 12.0. The summed E-state index contributed by atoms with van der Waals surface area (Å²) in [4.78, 5) is 15.4. The van der Waals surface area contributed by atoms with E-state index in [2.05, 4.69) is 5.32 Å². The Balaban J connectivity index is 1.30. The molecule has 0 radical (unpaired) electrons. The molecule has 2 bridgehead atoms. The summed E-state index contributed by atoms with van der Waals surface area (Å²) in [5.74, 6) is 0.283. The van der Waals surface area contributed by atoms with E-state index in [1.807, 2.05) is 4.90 Å². The van der Waals surface area contributed by atoms with Crippen LogP contribution in [0, 0.1) is 5.92 Å². The molecule has 4 atom stereocenters. The Kier molecular flexibility index (Phi) is 5.41. The number of carbonyl (C=O) groups is 1. The highest BCUT2D eigenvalue weighted by Gasteiger charge is 2.62. The molecule has 180 valence electrons. The summed E-state index contributed by atoms with van der Waals surface area (Å²) in [5, 5.41) is 3.87. The molecule has 2 aliphatic carbocycles. The SMILES string of the molecule is O=C(OC1([C@H]2COC[C@@H](C3CC3)N2S(=O)(=O)c2ccc(Cl)cc2)CC1)N1C2CCC1CNC2. The predicted molar refractivity (Wildman–Crippen MR) is 122 cm³/mol. The molecule has 1 amide bonds. The fraction of sp³-hybridized carbons (Fsp3) is 0.696. The number of rotatable bonds is 5. The summed E-state index contributed by atoms with van der Waals surface area (Å²) in [6.45, 7) is 2.18. The molecule has 2 unspecified atom stereocenters. The number of hydrogen-bond donors (Lipinski definition) is 1. The van der Waals surface area contributed by atoms with Gasteiger partial charge < -0.3 is 14.8 Å². The largest absolute Gasteiger partial charge is 0.441 e. The lowest BCUT2D eigenvalue weighted by molar-refractivity contribution is -0.0777. The second-order valence-electron chi connectivity index (χ2n) is 10.1. The van der Waals surface area contributed by atoms with Gasteiger partial charge in [0.2, 0.25) is 10.0 Å². The summed E-state index contributed by atoms with van der Waals surface area (Å²) in [6.07, 6.45) is 4.93. The topological polar surface area (TPSA) is 88.2 Å². The van der Waals surface area contributed by atoms with Crippen LogP contribution in [0.1, 0.15) is 38.5 Å². The molecule has 33 heavy (non-hydrogen) atoms. The fourth-order valence-corrected chi connectivity index (χ4v) is 7.92. The summed E-state index contributed by atoms with van der Waals surface area (Å²) >= 11 is 6.01. The Morgan fingerprint density at radius 3 is 2.33 bits per heavy atom. The minimum atomic E-state index is -3.82. The number of nitrogens with zero attached hydrogens (tertiary/aromatic N) is 2. The van der Waals surface area contributed by atoms with Gasteiger partial charge in [-0.2, -0.15) is 4.31 Å². The molecule has 1 N–H and O–H groups in total. The van der Waals surface area contributed by atoms with Crippen LogP contribution in [0.15, 0.2) is 29.2 Å². The Morgan fingerprint density at radius 1 is 1.06 bits per heavy atom. The number of nitrogens with one attached hydrogen (secondary N) is 1. The van der Waals surface area contributed by atoms with Crippen LogP contribution < -0.4 is 5.32 Å². The normalized spacial score (nSPS) is 33.7. The van der Waals surface area contributed by atoms with Gasteiger partial charge in [-0.1, -0.05) is 11.6 Å². The summed E-state index contributed by atoms with van der Waals surface area (Å²) in [7, 11) is -3.82. The van der Waals surface area contributed by atoms with Crippen molar-refractivity contribution >= 4 is 27.7 Å². The van der Waals surface area contributed by atoms with Gasteiger partial charge in [0.25, 0.3) is 0 Å². The third kappa shape index (κ3) is 3.86. The number of ether oxygens (including phenoxy) is 2. The van der Waals surface area contributed by atoms with E-state index in [-0.39, 0.29) is 41.6 Å². The molecular weight excluding hydrogens is 466 g/mol. The van der Waals surface area contributed by atoms with E-state index in [4.69, 9.17) is 21.1 Å². The van der Waals surface area contributed by atoms with Crippen molar-refractivity contribution in [1.29, 1.82) is 0 Å². The number of carbonyl (C=O) groups excluding carboxylic acids is 1. The quantitative estimate of drug-likeness (QED) is 0.675. The highest BCUT2D eigenvalue weighted by Crippen LogP contribution is 2.50. The molecule has 8 nitrogen and oxygen atoms in total. The number of piperazine rings is 1. The zero-order valence-electron chi connectivity index (χ0n) is 18.5. The maximum Gasteiger partial charge on any atom is 0.410 e. The smallest absolute Gasteiger partial charge is 0.410 e.